The zero-order chi connectivity index (χ0) is 16.7. The third kappa shape index (κ3) is 5.99. The van der Waals surface area contributed by atoms with Crippen LogP contribution in [0.15, 0.2) is 18.3 Å². The summed E-state index contributed by atoms with van der Waals surface area (Å²) in [6.07, 6.45) is 1.65. The van der Waals surface area contributed by atoms with Gasteiger partial charge in [0, 0.05) is 32.4 Å². The molecule has 0 saturated heterocycles. The van der Waals surface area contributed by atoms with Crippen molar-refractivity contribution in [2.75, 3.05) is 13.6 Å². The van der Waals surface area contributed by atoms with Gasteiger partial charge in [-0.3, -0.25) is 4.79 Å². The minimum atomic E-state index is -0.927. The van der Waals surface area contributed by atoms with Crippen molar-refractivity contribution in [1.29, 1.82) is 0 Å². The Morgan fingerprint density at radius 3 is 2.68 bits per heavy atom. The molecule has 1 aromatic rings. The first kappa shape index (κ1) is 17.7. The Bertz CT molecular complexity index is 519. The summed E-state index contributed by atoms with van der Waals surface area (Å²) in [5.74, 6) is -1.03. The fourth-order valence-corrected chi connectivity index (χ4v) is 1.75. The van der Waals surface area contributed by atoms with Crippen molar-refractivity contribution >= 4 is 12.0 Å². The lowest BCUT2D eigenvalue weighted by atomic mass is 10.2. The monoisotopic (exact) mass is 309 g/mol. The van der Waals surface area contributed by atoms with E-state index in [0.29, 0.717) is 12.4 Å². The molecule has 7 heteroatoms. The third-order valence-electron chi connectivity index (χ3n) is 2.92. The normalized spacial score (nSPS) is 11.9. The molecule has 0 saturated carbocycles. The molecule has 1 unspecified atom stereocenters. The number of carbonyl (C=O) groups is 2. The summed E-state index contributed by atoms with van der Waals surface area (Å²) < 4.78 is 5.49. The Labute approximate surface area is 130 Å². The molecular formula is C15H23N3O4. The molecule has 1 rings (SSSR count). The van der Waals surface area contributed by atoms with Crippen molar-refractivity contribution in [1.82, 2.24) is 15.2 Å². The highest BCUT2D eigenvalue weighted by atomic mass is 16.5. The number of aromatic nitrogens is 1. The largest absolute Gasteiger partial charge is 0.481 e. The molecule has 0 aliphatic rings. The van der Waals surface area contributed by atoms with Crippen LogP contribution in [0.5, 0.6) is 5.88 Å². The number of nitrogens with zero attached hydrogens (tertiary/aromatic N) is 2. The van der Waals surface area contributed by atoms with Crippen LogP contribution in [0.2, 0.25) is 0 Å². The number of pyridine rings is 1. The first-order chi connectivity index (χ1) is 10.3. The zero-order valence-corrected chi connectivity index (χ0v) is 13.4. The van der Waals surface area contributed by atoms with Gasteiger partial charge < -0.3 is 20.1 Å². The number of carbonyl (C=O) groups excluding carboxylic acids is 1. The Kier molecular flexibility index (Phi) is 6.62. The Balaban J connectivity index is 2.51. The van der Waals surface area contributed by atoms with Gasteiger partial charge in [-0.15, -0.1) is 0 Å². The van der Waals surface area contributed by atoms with Gasteiger partial charge >= 0.3 is 12.0 Å². The molecule has 0 spiro atoms. The van der Waals surface area contributed by atoms with Crippen molar-refractivity contribution in [3.8, 4) is 5.88 Å². The molecule has 0 bridgehead atoms. The van der Waals surface area contributed by atoms with Gasteiger partial charge in [0.2, 0.25) is 5.88 Å². The third-order valence-corrected chi connectivity index (χ3v) is 2.92. The van der Waals surface area contributed by atoms with Gasteiger partial charge in [-0.25, -0.2) is 9.78 Å². The van der Waals surface area contributed by atoms with Crippen LogP contribution in [0.4, 0.5) is 4.79 Å². The summed E-state index contributed by atoms with van der Waals surface area (Å²) in [5.41, 5.74) is 0.860. The predicted octanol–water partition coefficient (Wildman–Crippen LogP) is 1.73. The van der Waals surface area contributed by atoms with E-state index in [-0.39, 0.29) is 18.7 Å². The molecule has 2 N–H and O–H groups in total. The fraction of sp³-hybridized carbons (Fsp3) is 0.533. The summed E-state index contributed by atoms with van der Waals surface area (Å²) in [7, 11) is 1.56. The average molecular weight is 309 g/mol. The molecule has 0 aliphatic heterocycles. The zero-order valence-electron chi connectivity index (χ0n) is 13.4. The van der Waals surface area contributed by atoms with E-state index < -0.39 is 11.9 Å². The SMILES string of the molecule is CC(C)Oc1cc(CNC(=O)N(C)CC(C)C(=O)O)ccn1. The summed E-state index contributed by atoms with van der Waals surface area (Å²) >= 11 is 0. The lowest BCUT2D eigenvalue weighted by Crippen LogP contribution is -2.40. The van der Waals surface area contributed by atoms with Crippen molar-refractivity contribution < 1.29 is 19.4 Å². The minimum Gasteiger partial charge on any atom is -0.481 e. The number of carboxylic acids is 1. The van der Waals surface area contributed by atoms with Gasteiger partial charge in [-0.2, -0.15) is 0 Å². The van der Waals surface area contributed by atoms with E-state index in [1.165, 1.54) is 4.90 Å². The second-order valence-electron chi connectivity index (χ2n) is 5.45. The molecule has 1 atom stereocenters. The fourth-order valence-electron chi connectivity index (χ4n) is 1.75. The van der Waals surface area contributed by atoms with E-state index in [1.54, 1.807) is 32.3 Å². The van der Waals surface area contributed by atoms with E-state index >= 15 is 0 Å². The second-order valence-corrected chi connectivity index (χ2v) is 5.45. The molecule has 122 valence electrons. The van der Waals surface area contributed by atoms with E-state index in [1.807, 2.05) is 13.8 Å². The highest BCUT2D eigenvalue weighted by Crippen LogP contribution is 2.11. The van der Waals surface area contributed by atoms with Gasteiger partial charge in [0.15, 0.2) is 0 Å². The number of urea groups is 1. The van der Waals surface area contributed by atoms with Crippen molar-refractivity contribution in [3.05, 3.63) is 23.9 Å². The van der Waals surface area contributed by atoms with Gasteiger partial charge in [-0.1, -0.05) is 6.92 Å². The van der Waals surface area contributed by atoms with Crippen LogP contribution < -0.4 is 10.1 Å². The van der Waals surface area contributed by atoms with Crippen LogP contribution in [0.1, 0.15) is 26.3 Å². The molecule has 1 heterocycles. The molecule has 2 amide bonds. The maximum absolute atomic E-state index is 11.9. The van der Waals surface area contributed by atoms with E-state index in [4.69, 9.17) is 9.84 Å². The van der Waals surface area contributed by atoms with Crippen LogP contribution in [0.25, 0.3) is 0 Å². The number of hydrogen-bond acceptors (Lipinski definition) is 4. The van der Waals surface area contributed by atoms with Gasteiger partial charge in [-0.05, 0) is 25.5 Å². The summed E-state index contributed by atoms with van der Waals surface area (Å²) in [5, 5.41) is 11.6. The predicted molar refractivity (Wildman–Crippen MR) is 81.7 cm³/mol. The van der Waals surface area contributed by atoms with E-state index in [9.17, 15) is 9.59 Å². The number of hydrogen-bond donors (Lipinski definition) is 2. The number of ether oxygens (including phenoxy) is 1. The summed E-state index contributed by atoms with van der Waals surface area (Å²) in [4.78, 5) is 28.1. The molecule has 0 aliphatic carbocycles. The quantitative estimate of drug-likeness (QED) is 0.800. The van der Waals surface area contributed by atoms with Crippen molar-refractivity contribution in [3.63, 3.8) is 0 Å². The Morgan fingerprint density at radius 2 is 2.09 bits per heavy atom. The van der Waals surface area contributed by atoms with Crippen LogP contribution >= 0.6 is 0 Å². The van der Waals surface area contributed by atoms with Crippen LogP contribution in [-0.4, -0.2) is 46.7 Å². The lowest BCUT2D eigenvalue weighted by Gasteiger charge is -2.20. The Morgan fingerprint density at radius 1 is 1.41 bits per heavy atom. The maximum Gasteiger partial charge on any atom is 0.317 e. The van der Waals surface area contributed by atoms with Gasteiger partial charge in [0.05, 0.1) is 12.0 Å². The van der Waals surface area contributed by atoms with Crippen LogP contribution in [-0.2, 0) is 11.3 Å². The van der Waals surface area contributed by atoms with Crippen molar-refractivity contribution in [2.24, 2.45) is 5.92 Å². The van der Waals surface area contributed by atoms with Gasteiger partial charge in [0.25, 0.3) is 0 Å². The number of nitrogens with one attached hydrogen (secondary N) is 1. The molecular weight excluding hydrogens is 286 g/mol. The number of aliphatic carboxylic acids is 1. The molecule has 7 nitrogen and oxygen atoms in total. The molecule has 1 aromatic heterocycles. The average Bonchev–Trinajstić information content (AvgIpc) is 2.44. The Hall–Kier alpha value is -2.31. The number of amides is 2. The molecule has 0 radical (unpaired) electrons. The van der Waals surface area contributed by atoms with Crippen LogP contribution in [0.3, 0.4) is 0 Å². The highest BCUT2D eigenvalue weighted by molar-refractivity contribution is 5.75. The highest BCUT2D eigenvalue weighted by Gasteiger charge is 2.17. The summed E-state index contributed by atoms with van der Waals surface area (Å²) in [6.45, 7) is 5.86. The van der Waals surface area contributed by atoms with Crippen molar-refractivity contribution in [2.45, 2.75) is 33.4 Å². The van der Waals surface area contributed by atoms with E-state index in [2.05, 4.69) is 10.3 Å². The molecule has 0 fully saturated rings. The van der Waals surface area contributed by atoms with E-state index in [0.717, 1.165) is 5.56 Å². The molecule has 0 aromatic carbocycles. The van der Waals surface area contributed by atoms with Crippen LogP contribution in [0, 0.1) is 5.92 Å². The maximum atomic E-state index is 11.9. The standard InChI is InChI=1S/C15H23N3O4/c1-10(2)22-13-7-12(5-6-16-13)8-17-15(21)18(4)9-11(3)14(19)20/h5-7,10-11H,8-9H2,1-4H3,(H,17,21)(H,19,20). The first-order valence-corrected chi connectivity index (χ1v) is 7.13. The number of carboxylic acid groups (broad SMARTS) is 1. The number of rotatable bonds is 7. The van der Waals surface area contributed by atoms with Gasteiger partial charge in [0.1, 0.15) is 0 Å². The molecule has 22 heavy (non-hydrogen) atoms. The topological polar surface area (TPSA) is 91.8 Å². The first-order valence-electron chi connectivity index (χ1n) is 7.13. The summed E-state index contributed by atoms with van der Waals surface area (Å²) in [6, 6.07) is 3.23. The minimum absolute atomic E-state index is 0.0287. The second kappa shape index (κ2) is 8.21. The smallest absolute Gasteiger partial charge is 0.317 e. The lowest BCUT2D eigenvalue weighted by molar-refractivity contribution is -0.141.